The van der Waals surface area contributed by atoms with Gasteiger partial charge in [-0.2, -0.15) is 5.26 Å². The van der Waals surface area contributed by atoms with Crippen LogP contribution in [0, 0.1) is 28.7 Å². The lowest BCUT2D eigenvalue weighted by Crippen LogP contribution is -2.20. The maximum absolute atomic E-state index is 12.7. The van der Waals surface area contributed by atoms with Gasteiger partial charge in [0.2, 0.25) is 0 Å². The molecule has 196 valence electrons. The van der Waals surface area contributed by atoms with E-state index in [1.165, 1.54) is 13.2 Å². The summed E-state index contributed by atoms with van der Waals surface area (Å²) in [5.41, 5.74) is 3.93. The summed E-state index contributed by atoms with van der Waals surface area (Å²) in [5, 5.41) is 15.1. The van der Waals surface area contributed by atoms with Crippen LogP contribution in [0.3, 0.4) is 0 Å². The molecule has 2 amide bonds. The van der Waals surface area contributed by atoms with E-state index in [0.29, 0.717) is 44.4 Å². The third-order valence-electron chi connectivity index (χ3n) is 5.49. The summed E-state index contributed by atoms with van der Waals surface area (Å²) in [5.74, 6) is 0.583. The van der Waals surface area contributed by atoms with Gasteiger partial charge < -0.3 is 24.8 Å². The fourth-order valence-corrected chi connectivity index (χ4v) is 4.21. The zero-order chi connectivity index (χ0) is 27.7. The molecule has 0 aliphatic carbocycles. The average molecular weight is 625 g/mol. The molecule has 0 radical (unpaired) electrons. The number of carbonyl (C=O) groups excluding carboxylic acids is 2. The number of anilines is 2. The van der Waals surface area contributed by atoms with E-state index in [0.717, 1.165) is 11.1 Å². The number of hydrogen-bond donors (Lipinski definition) is 2. The van der Waals surface area contributed by atoms with E-state index in [1.807, 2.05) is 45.0 Å². The first-order chi connectivity index (χ1) is 18.2. The molecule has 3 rings (SSSR count). The van der Waals surface area contributed by atoms with Gasteiger partial charge in [0.25, 0.3) is 11.8 Å². The van der Waals surface area contributed by atoms with Crippen molar-refractivity contribution in [2.75, 3.05) is 31.0 Å². The van der Waals surface area contributed by atoms with E-state index < -0.39 is 5.91 Å². The normalized spacial score (nSPS) is 10.8. The largest absolute Gasteiger partial charge is 0.494 e. The summed E-state index contributed by atoms with van der Waals surface area (Å²) in [6, 6.07) is 17.9. The molecule has 8 nitrogen and oxygen atoms in total. The number of nitriles is 1. The van der Waals surface area contributed by atoms with Crippen molar-refractivity contribution in [3.63, 3.8) is 0 Å². The Morgan fingerprint density at radius 3 is 2.32 bits per heavy atom. The highest BCUT2D eigenvalue weighted by molar-refractivity contribution is 14.1. The predicted octanol–water partition coefficient (Wildman–Crippen LogP) is 5.88. The minimum Gasteiger partial charge on any atom is -0.494 e. The van der Waals surface area contributed by atoms with Gasteiger partial charge in [0.15, 0.2) is 18.1 Å². The number of amides is 2. The summed E-state index contributed by atoms with van der Waals surface area (Å²) in [7, 11) is 1.48. The fraction of sp³-hybridized carbons (Fsp3) is 0.207. The average Bonchev–Trinajstić information content (AvgIpc) is 2.89. The third-order valence-corrected chi connectivity index (χ3v) is 6.29. The Bertz CT molecular complexity index is 1390. The van der Waals surface area contributed by atoms with E-state index in [-0.39, 0.29) is 18.1 Å². The second-order valence-corrected chi connectivity index (χ2v) is 9.41. The highest BCUT2D eigenvalue weighted by Crippen LogP contribution is 2.34. The lowest BCUT2D eigenvalue weighted by molar-refractivity contribution is -0.118. The Kier molecular flexibility index (Phi) is 10.1. The topological polar surface area (TPSA) is 110 Å². The van der Waals surface area contributed by atoms with Crippen LogP contribution in [0.25, 0.3) is 6.08 Å². The van der Waals surface area contributed by atoms with Crippen LogP contribution in [0.2, 0.25) is 0 Å². The standard InChI is InChI=1S/C29H28IN3O5/c1-5-37-24-10-8-22(9-11-24)33-29(35)21(16-31)13-20-14-25(30)28(26(15-20)36-4)38-17-27(34)32-23-7-6-18(2)19(3)12-23/h6-15H,5,17H2,1-4H3,(H,32,34)(H,33,35)/b21-13+. The molecule has 0 heterocycles. The number of benzene rings is 3. The number of rotatable bonds is 10. The minimum absolute atomic E-state index is 0.0850. The van der Waals surface area contributed by atoms with Crippen molar-refractivity contribution < 1.29 is 23.8 Å². The number of aryl methyl sites for hydroxylation is 2. The number of hydrogen-bond acceptors (Lipinski definition) is 6. The number of methoxy groups -OCH3 is 1. The molecule has 0 aromatic heterocycles. The second kappa shape index (κ2) is 13.5. The van der Waals surface area contributed by atoms with Gasteiger partial charge in [-0.1, -0.05) is 6.07 Å². The van der Waals surface area contributed by atoms with Gasteiger partial charge in [-0.25, -0.2) is 0 Å². The highest BCUT2D eigenvalue weighted by atomic mass is 127. The van der Waals surface area contributed by atoms with Crippen LogP contribution in [0.1, 0.15) is 23.6 Å². The quantitative estimate of drug-likeness (QED) is 0.166. The van der Waals surface area contributed by atoms with Crippen LogP contribution >= 0.6 is 22.6 Å². The third kappa shape index (κ3) is 7.73. The monoisotopic (exact) mass is 625 g/mol. The van der Waals surface area contributed by atoms with Gasteiger partial charge in [0.05, 0.1) is 17.3 Å². The maximum atomic E-state index is 12.7. The Labute approximate surface area is 235 Å². The Morgan fingerprint density at radius 1 is 0.974 bits per heavy atom. The molecule has 2 N–H and O–H groups in total. The highest BCUT2D eigenvalue weighted by Gasteiger charge is 2.16. The summed E-state index contributed by atoms with van der Waals surface area (Å²) in [6.45, 7) is 6.19. The molecule has 0 unspecified atom stereocenters. The van der Waals surface area contributed by atoms with Crippen molar-refractivity contribution >= 4 is 51.9 Å². The predicted molar refractivity (Wildman–Crippen MR) is 156 cm³/mol. The maximum Gasteiger partial charge on any atom is 0.266 e. The Balaban J connectivity index is 1.71. The van der Waals surface area contributed by atoms with Crippen molar-refractivity contribution in [1.29, 1.82) is 5.26 Å². The molecule has 0 aliphatic heterocycles. The van der Waals surface area contributed by atoms with Gasteiger partial charge in [0.1, 0.15) is 17.4 Å². The van der Waals surface area contributed by atoms with Crippen molar-refractivity contribution in [2.24, 2.45) is 0 Å². The van der Waals surface area contributed by atoms with Crippen molar-refractivity contribution in [1.82, 2.24) is 0 Å². The summed E-state index contributed by atoms with van der Waals surface area (Å²) in [4.78, 5) is 25.1. The Hall–Kier alpha value is -4.04. The number of carbonyl (C=O) groups is 2. The van der Waals surface area contributed by atoms with Crippen molar-refractivity contribution in [3.8, 4) is 23.3 Å². The smallest absolute Gasteiger partial charge is 0.266 e. The summed E-state index contributed by atoms with van der Waals surface area (Å²) in [6.07, 6.45) is 1.46. The lowest BCUT2D eigenvalue weighted by Gasteiger charge is -2.14. The van der Waals surface area contributed by atoms with Crippen molar-refractivity contribution in [3.05, 3.63) is 80.4 Å². The molecular formula is C29H28IN3O5. The van der Waals surface area contributed by atoms with E-state index in [9.17, 15) is 14.9 Å². The molecular weight excluding hydrogens is 597 g/mol. The van der Waals surface area contributed by atoms with Crippen LogP contribution in [-0.4, -0.2) is 32.1 Å². The number of ether oxygens (including phenoxy) is 3. The molecule has 0 aliphatic rings. The molecule has 3 aromatic carbocycles. The van der Waals surface area contributed by atoms with Gasteiger partial charge in [-0.05, 0) is 115 Å². The number of nitrogens with one attached hydrogen (secondary N) is 2. The number of halogens is 1. The first-order valence-corrected chi connectivity index (χ1v) is 12.8. The first-order valence-electron chi connectivity index (χ1n) is 11.8. The van der Waals surface area contributed by atoms with E-state index in [1.54, 1.807) is 36.4 Å². The SMILES string of the molecule is CCOc1ccc(NC(=O)/C(C#N)=C/c2cc(I)c(OCC(=O)Nc3ccc(C)c(C)c3)c(OC)c2)cc1. The van der Waals surface area contributed by atoms with E-state index in [4.69, 9.17) is 14.2 Å². The van der Waals surface area contributed by atoms with Gasteiger partial charge in [-0.15, -0.1) is 0 Å². The second-order valence-electron chi connectivity index (χ2n) is 8.25. The zero-order valence-electron chi connectivity index (χ0n) is 21.6. The molecule has 0 spiro atoms. The van der Waals surface area contributed by atoms with Gasteiger partial charge in [-0.3, -0.25) is 9.59 Å². The van der Waals surface area contributed by atoms with Gasteiger partial charge >= 0.3 is 0 Å². The lowest BCUT2D eigenvalue weighted by atomic mass is 10.1. The number of nitrogens with zero attached hydrogens (tertiary/aromatic N) is 1. The van der Waals surface area contributed by atoms with Crippen LogP contribution in [0.15, 0.2) is 60.2 Å². The van der Waals surface area contributed by atoms with Crippen molar-refractivity contribution in [2.45, 2.75) is 20.8 Å². The summed E-state index contributed by atoms with van der Waals surface area (Å²) >= 11 is 2.06. The molecule has 0 saturated heterocycles. The molecule has 9 heteroatoms. The van der Waals surface area contributed by atoms with Crippen LogP contribution < -0.4 is 24.8 Å². The molecule has 0 fully saturated rings. The van der Waals surface area contributed by atoms with Crippen LogP contribution in [0.4, 0.5) is 11.4 Å². The molecule has 38 heavy (non-hydrogen) atoms. The van der Waals surface area contributed by atoms with Crippen LogP contribution in [0.5, 0.6) is 17.2 Å². The molecule has 0 saturated carbocycles. The van der Waals surface area contributed by atoms with E-state index >= 15 is 0 Å². The van der Waals surface area contributed by atoms with Gasteiger partial charge in [0, 0.05) is 11.4 Å². The Morgan fingerprint density at radius 2 is 1.68 bits per heavy atom. The fourth-order valence-electron chi connectivity index (χ4n) is 3.43. The molecule has 0 bridgehead atoms. The zero-order valence-corrected chi connectivity index (χ0v) is 23.7. The molecule has 0 atom stereocenters. The summed E-state index contributed by atoms with van der Waals surface area (Å²) < 4.78 is 17.3. The molecule has 3 aromatic rings. The van der Waals surface area contributed by atoms with E-state index in [2.05, 4.69) is 33.2 Å². The first kappa shape index (κ1) is 28.5. The minimum atomic E-state index is -0.547. The van der Waals surface area contributed by atoms with Crippen LogP contribution in [-0.2, 0) is 9.59 Å².